The zero-order valence-corrected chi connectivity index (χ0v) is 13.3. The molecule has 3 rings (SSSR count). The summed E-state index contributed by atoms with van der Waals surface area (Å²) in [6, 6.07) is 1.65. The van der Waals surface area contributed by atoms with Crippen LogP contribution in [-0.2, 0) is 12.7 Å². The predicted molar refractivity (Wildman–Crippen MR) is 80.0 cm³/mol. The van der Waals surface area contributed by atoms with Crippen molar-refractivity contribution in [2.45, 2.75) is 19.1 Å². The molecule has 0 unspecified atom stereocenters. The molecular formula is C13H11ClF3N7O. The molecule has 0 aliphatic rings. The number of fused-ring (bicyclic) bond motifs is 1. The van der Waals surface area contributed by atoms with Crippen molar-refractivity contribution in [1.82, 2.24) is 34.7 Å². The van der Waals surface area contributed by atoms with Gasteiger partial charge in [-0.1, -0.05) is 11.6 Å². The first-order valence-corrected chi connectivity index (χ1v) is 7.48. The van der Waals surface area contributed by atoms with Crippen molar-refractivity contribution >= 4 is 23.3 Å². The smallest absolute Gasteiger partial charge is 0.349 e. The van der Waals surface area contributed by atoms with Crippen LogP contribution in [0.2, 0.25) is 5.02 Å². The van der Waals surface area contributed by atoms with Crippen LogP contribution in [-0.4, -0.2) is 41.8 Å². The first-order chi connectivity index (χ1) is 11.8. The van der Waals surface area contributed by atoms with Gasteiger partial charge in [0.1, 0.15) is 0 Å². The molecule has 1 amide bonds. The first-order valence-electron chi connectivity index (χ1n) is 7.10. The second-order valence-corrected chi connectivity index (χ2v) is 5.40. The summed E-state index contributed by atoms with van der Waals surface area (Å²) in [5, 5.41) is 9.48. The van der Waals surface area contributed by atoms with Crippen LogP contribution in [0.1, 0.15) is 22.7 Å². The zero-order chi connectivity index (χ0) is 18.0. The molecule has 0 aromatic carbocycles. The number of carbonyl (C=O) groups excluding carboxylic acids is 1. The number of rotatable bonds is 5. The molecule has 3 aromatic heterocycles. The number of alkyl halides is 3. The number of amides is 1. The fourth-order valence-electron chi connectivity index (χ4n) is 2.05. The van der Waals surface area contributed by atoms with E-state index in [-0.39, 0.29) is 18.9 Å². The van der Waals surface area contributed by atoms with Crippen LogP contribution >= 0.6 is 11.6 Å². The minimum atomic E-state index is -4.60. The first kappa shape index (κ1) is 17.1. The second-order valence-electron chi connectivity index (χ2n) is 5.00. The van der Waals surface area contributed by atoms with Gasteiger partial charge >= 0.3 is 6.18 Å². The Morgan fingerprint density at radius 2 is 2.12 bits per heavy atom. The van der Waals surface area contributed by atoms with Gasteiger partial charge < -0.3 is 5.32 Å². The normalized spacial score (nSPS) is 11.8. The molecule has 0 spiro atoms. The Labute approximate surface area is 143 Å². The molecule has 0 aliphatic heterocycles. The summed E-state index contributed by atoms with van der Waals surface area (Å²) >= 11 is 5.51. The Morgan fingerprint density at radius 1 is 1.32 bits per heavy atom. The highest BCUT2D eigenvalue weighted by atomic mass is 35.5. The number of halogens is 4. The fourth-order valence-corrected chi connectivity index (χ4v) is 2.31. The third kappa shape index (κ3) is 3.87. The van der Waals surface area contributed by atoms with E-state index >= 15 is 0 Å². The number of nitrogens with one attached hydrogen (secondary N) is 1. The lowest BCUT2D eigenvalue weighted by atomic mass is 10.4. The van der Waals surface area contributed by atoms with Crippen LogP contribution in [0.25, 0.3) is 5.78 Å². The standard InChI is InChI=1S/C13H11ClF3N7O/c14-8-7-23(21-9(8)13(15,16)17)5-1-3-18-11(25)10-20-12-19-4-2-6-24(12)22-10/h2,4,6-7H,1,3,5H2,(H,18,25). The van der Waals surface area contributed by atoms with Crippen molar-refractivity contribution in [1.29, 1.82) is 0 Å². The molecule has 132 valence electrons. The summed E-state index contributed by atoms with van der Waals surface area (Å²) < 4.78 is 40.2. The van der Waals surface area contributed by atoms with E-state index in [2.05, 4.69) is 25.5 Å². The van der Waals surface area contributed by atoms with Gasteiger partial charge in [0, 0.05) is 31.7 Å². The van der Waals surface area contributed by atoms with Gasteiger partial charge in [0.25, 0.3) is 11.7 Å². The van der Waals surface area contributed by atoms with E-state index in [0.717, 1.165) is 10.9 Å². The van der Waals surface area contributed by atoms with E-state index in [9.17, 15) is 18.0 Å². The van der Waals surface area contributed by atoms with Crippen LogP contribution in [0, 0.1) is 0 Å². The second kappa shape index (κ2) is 6.67. The molecule has 0 atom stereocenters. The molecule has 1 N–H and O–H groups in total. The van der Waals surface area contributed by atoms with E-state index in [1.54, 1.807) is 12.3 Å². The Morgan fingerprint density at radius 3 is 2.80 bits per heavy atom. The van der Waals surface area contributed by atoms with Crippen molar-refractivity contribution in [3.8, 4) is 0 Å². The molecular weight excluding hydrogens is 363 g/mol. The minimum Gasteiger partial charge on any atom is -0.349 e. The van der Waals surface area contributed by atoms with Crippen molar-refractivity contribution in [3.05, 3.63) is 41.2 Å². The summed E-state index contributed by atoms with van der Waals surface area (Å²) in [6.45, 7) is 0.372. The minimum absolute atomic E-state index is 0.0415. The third-order valence-electron chi connectivity index (χ3n) is 3.15. The van der Waals surface area contributed by atoms with E-state index < -0.39 is 22.8 Å². The number of hydrogen-bond acceptors (Lipinski definition) is 5. The highest BCUT2D eigenvalue weighted by Crippen LogP contribution is 2.33. The Hall–Kier alpha value is -2.69. The molecule has 0 bridgehead atoms. The highest BCUT2D eigenvalue weighted by molar-refractivity contribution is 6.31. The number of nitrogens with zero attached hydrogens (tertiary/aromatic N) is 6. The number of aromatic nitrogens is 6. The van der Waals surface area contributed by atoms with Crippen molar-refractivity contribution in [2.75, 3.05) is 6.54 Å². The van der Waals surface area contributed by atoms with Crippen molar-refractivity contribution in [3.63, 3.8) is 0 Å². The van der Waals surface area contributed by atoms with Gasteiger partial charge in [0.15, 0.2) is 5.69 Å². The average molecular weight is 374 g/mol. The van der Waals surface area contributed by atoms with Gasteiger partial charge in [-0.05, 0) is 12.5 Å². The van der Waals surface area contributed by atoms with Gasteiger partial charge in [-0.3, -0.25) is 9.48 Å². The third-order valence-corrected chi connectivity index (χ3v) is 3.43. The van der Waals surface area contributed by atoms with Gasteiger partial charge in [-0.15, -0.1) is 5.10 Å². The molecule has 0 fully saturated rings. The summed E-state index contributed by atoms with van der Waals surface area (Å²) in [7, 11) is 0. The lowest BCUT2D eigenvalue weighted by Gasteiger charge is -2.04. The maximum atomic E-state index is 12.6. The summed E-state index contributed by atoms with van der Waals surface area (Å²) in [6.07, 6.45) is -0.0184. The largest absolute Gasteiger partial charge is 0.436 e. The molecule has 12 heteroatoms. The van der Waals surface area contributed by atoms with Gasteiger partial charge in [-0.2, -0.15) is 23.3 Å². The summed E-state index contributed by atoms with van der Waals surface area (Å²) in [5.41, 5.74) is -1.13. The number of hydrogen-bond donors (Lipinski definition) is 1. The number of aryl methyl sites for hydroxylation is 1. The van der Waals surface area contributed by atoms with Crippen LogP contribution in [0.5, 0.6) is 0 Å². The average Bonchev–Trinajstić information content (AvgIpc) is 3.14. The van der Waals surface area contributed by atoms with Gasteiger partial charge in [0.2, 0.25) is 5.82 Å². The summed E-state index contributed by atoms with van der Waals surface area (Å²) in [4.78, 5) is 19.9. The lowest BCUT2D eigenvalue weighted by Crippen LogP contribution is -2.26. The van der Waals surface area contributed by atoms with Crippen LogP contribution in [0.3, 0.4) is 0 Å². The lowest BCUT2D eigenvalue weighted by molar-refractivity contribution is -0.141. The van der Waals surface area contributed by atoms with Crippen LogP contribution in [0.15, 0.2) is 24.7 Å². The monoisotopic (exact) mass is 373 g/mol. The van der Waals surface area contributed by atoms with Gasteiger partial charge in [0.05, 0.1) is 5.02 Å². The molecule has 0 saturated carbocycles. The molecule has 3 heterocycles. The maximum Gasteiger partial charge on any atom is 0.436 e. The predicted octanol–water partition coefficient (Wildman–Crippen LogP) is 1.81. The topological polar surface area (TPSA) is 90.0 Å². The number of carbonyl (C=O) groups is 1. The molecule has 8 nitrogen and oxygen atoms in total. The quantitative estimate of drug-likeness (QED) is 0.689. The molecule has 0 aliphatic carbocycles. The SMILES string of the molecule is O=C(NCCCn1cc(Cl)c(C(F)(F)F)n1)c1nc2ncccn2n1. The van der Waals surface area contributed by atoms with E-state index in [1.165, 1.54) is 10.7 Å². The molecule has 0 saturated heterocycles. The van der Waals surface area contributed by atoms with Crippen molar-refractivity contribution in [2.24, 2.45) is 0 Å². The van der Waals surface area contributed by atoms with Crippen LogP contribution in [0.4, 0.5) is 13.2 Å². The zero-order valence-electron chi connectivity index (χ0n) is 12.5. The molecule has 0 radical (unpaired) electrons. The highest BCUT2D eigenvalue weighted by Gasteiger charge is 2.36. The van der Waals surface area contributed by atoms with E-state index in [4.69, 9.17) is 11.6 Å². The Bertz CT molecular complexity index is 872. The Kier molecular flexibility index (Phi) is 4.57. The Balaban J connectivity index is 1.52. The molecule has 3 aromatic rings. The van der Waals surface area contributed by atoms with E-state index in [0.29, 0.717) is 12.2 Å². The van der Waals surface area contributed by atoms with Crippen LogP contribution < -0.4 is 5.32 Å². The fraction of sp³-hybridized carbons (Fsp3) is 0.308. The summed E-state index contributed by atoms with van der Waals surface area (Å²) in [5.74, 6) is -0.251. The maximum absolute atomic E-state index is 12.6. The van der Waals surface area contributed by atoms with Crippen molar-refractivity contribution < 1.29 is 18.0 Å². The molecule has 25 heavy (non-hydrogen) atoms. The van der Waals surface area contributed by atoms with Gasteiger partial charge in [-0.25, -0.2) is 9.50 Å². The van der Waals surface area contributed by atoms with E-state index in [1.807, 2.05) is 0 Å².